The van der Waals surface area contributed by atoms with Crippen LogP contribution in [0.5, 0.6) is 0 Å². The first-order valence-corrected chi connectivity index (χ1v) is 12.8. The predicted octanol–water partition coefficient (Wildman–Crippen LogP) is 2.49. The van der Waals surface area contributed by atoms with Crippen LogP contribution in [-0.2, 0) is 23.9 Å². The molecule has 0 unspecified atom stereocenters. The van der Waals surface area contributed by atoms with Crippen molar-refractivity contribution in [1.82, 2.24) is 16.0 Å². The number of hydrogen-bond acceptors (Lipinski definition) is 6. The van der Waals surface area contributed by atoms with E-state index < -0.39 is 54.9 Å². The van der Waals surface area contributed by atoms with E-state index in [4.69, 9.17) is 9.84 Å². The van der Waals surface area contributed by atoms with Gasteiger partial charge in [-0.2, -0.15) is 0 Å². The maximum Gasteiger partial charge on any atom is 0.407 e. The van der Waals surface area contributed by atoms with Gasteiger partial charge >= 0.3 is 18.0 Å². The quantitative estimate of drug-likeness (QED) is 0.258. The number of carbonyl (C=O) groups excluding carboxylic acids is 3. The summed E-state index contributed by atoms with van der Waals surface area (Å²) < 4.78 is 5.41. The van der Waals surface area contributed by atoms with Gasteiger partial charge in [0, 0.05) is 12.3 Å². The minimum Gasteiger partial charge on any atom is -0.481 e. The van der Waals surface area contributed by atoms with Gasteiger partial charge in [0.2, 0.25) is 11.8 Å². The van der Waals surface area contributed by atoms with Gasteiger partial charge in [0.1, 0.15) is 25.2 Å². The molecule has 0 radical (unpaired) electrons. The van der Waals surface area contributed by atoms with Gasteiger partial charge in [-0.25, -0.2) is 9.59 Å². The van der Waals surface area contributed by atoms with E-state index in [0.717, 1.165) is 22.3 Å². The molecule has 2 aromatic carbocycles. The van der Waals surface area contributed by atoms with Gasteiger partial charge in [0.25, 0.3) is 0 Å². The monoisotopic (exact) mass is 539 g/mol. The molecular formula is C28H33N3O8. The summed E-state index contributed by atoms with van der Waals surface area (Å²) in [5.41, 5.74) is 4.28. The highest BCUT2D eigenvalue weighted by Crippen LogP contribution is 2.44. The van der Waals surface area contributed by atoms with Gasteiger partial charge in [0.15, 0.2) is 0 Å². The molecule has 0 saturated heterocycles. The average molecular weight is 540 g/mol. The van der Waals surface area contributed by atoms with E-state index in [-0.39, 0.29) is 24.9 Å². The molecule has 5 N–H and O–H groups in total. The van der Waals surface area contributed by atoms with Crippen LogP contribution in [0.2, 0.25) is 0 Å². The molecule has 0 aliphatic heterocycles. The second-order valence-corrected chi connectivity index (χ2v) is 9.44. The van der Waals surface area contributed by atoms with Gasteiger partial charge in [-0.3, -0.25) is 14.4 Å². The van der Waals surface area contributed by atoms with Crippen LogP contribution in [0.3, 0.4) is 0 Å². The summed E-state index contributed by atoms with van der Waals surface area (Å²) in [7, 11) is 0. The van der Waals surface area contributed by atoms with E-state index >= 15 is 0 Å². The third-order valence-electron chi connectivity index (χ3n) is 6.81. The van der Waals surface area contributed by atoms with E-state index in [1.165, 1.54) is 0 Å². The fourth-order valence-corrected chi connectivity index (χ4v) is 4.51. The van der Waals surface area contributed by atoms with Crippen LogP contribution in [0.25, 0.3) is 11.1 Å². The van der Waals surface area contributed by atoms with Crippen molar-refractivity contribution in [2.75, 3.05) is 13.2 Å². The normalized spacial score (nSPS) is 14.2. The van der Waals surface area contributed by atoms with Crippen LogP contribution in [0.15, 0.2) is 48.5 Å². The molecule has 0 spiro atoms. The Morgan fingerprint density at radius 3 is 2.05 bits per heavy atom. The minimum atomic E-state index is -1.42. The van der Waals surface area contributed by atoms with Crippen molar-refractivity contribution in [2.45, 2.75) is 51.1 Å². The molecule has 1 aliphatic carbocycles. The maximum absolute atomic E-state index is 12.8. The number of benzene rings is 2. The van der Waals surface area contributed by atoms with Crippen molar-refractivity contribution in [3.05, 3.63) is 59.7 Å². The summed E-state index contributed by atoms with van der Waals surface area (Å²) in [6, 6.07) is 13.3. The lowest BCUT2D eigenvalue weighted by atomic mass is 9.97. The number of carboxylic acids is 2. The number of aliphatic carboxylic acids is 2. The van der Waals surface area contributed by atoms with Crippen molar-refractivity contribution in [2.24, 2.45) is 5.92 Å². The molecule has 0 saturated carbocycles. The Hall–Kier alpha value is -4.41. The Kier molecular flexibility index (Phi) is 10.0. The van der Waals surface area contributed by atoms with Crippen molar-refractivity contribution >= 4 is 29.8 Å². The predicted molar refractivity (Wildman–Crippen MR) is 141 cm³/mol. The fraction of sp³-hybridized carbons (Fsp3) is 0.393. The standard InChI is InChI=1S/C28H33N3O8/c1-3-16(2)25(26(35)30-22(27(36)37)12-13-24(33)34)31-23(32)14-29-28(38)39-15-21-19-10-6-4-8-17(19)18-9-5-7-11-20(18)21/h4-11,16,21-22,25H,3,12-15H2,1-2H3,(H,29,38)(H,30,35)(H,31,32)(H,33,34)(H,36,37)/t16-,22-,25-/m0/s1. The van der Waals surface area contributed by atoms with E-state index in [1.807, 2.05) is 48.5 Å². The van der Waals surface area contributed by atoms with Crippen molar-refractivity contribution in [3.63, 3.8) is 0 Å². The van der Waals surface area contributed by atoms with E-state index in [9.17, 15) is 29.1 Å². The average Bonchev–Trinajstić information content (AvgIpc) is 3.24. The lowest BCUT2D eigenvalue weighted by molar-refractivity contribution is -0.143. The highest BCUT2D eigenvalue weighted by atomic mass is 16.5. The lowest BCUT2D eigenvalue weighted by Crippen LogP contribution is -2.55. The van der Waals surface area contributed by atoms with E-state index in [1.54, 1.807) is 13.8 Å². The zero-order valence-corrected chi connectivity index (χ0v) is 21.8. The van der Waals surface area contributed by atoms with Crippen LogP contribution < -0.4 is 16.0 Å². The van der Waals surface area contributed by atoms with Gasteiger partial charge < -0.3 is 30.9 Å². The second-order valence-electron chi connectivity index (χ2n) is 9.44. The summed E-state index contributed by atoms with van der Waals surface area (Å²) >= 11 is 0. The molecule has 2 aromatic rings. The van der Waals surface area contributed by atoms with E-state index in [2.05, 4.69) is 16.0 Å². The Morgan fingerprint density at radius 2 is 1.51 bits per heavy atom. The highest BCUT2D eigenvalue weighted by molar-refractivity contribution is 5.92. The molecule has 208 valence electrons. The third kappa shape index (κ3) is 7.56. The molecule has 3 atom stereocenters. The second kappa shape index (κ2) is 13.4. The Morgan fingerprint density at radius 1 is 0.923 bits per heavy atom. The van der Waals surface area contributed by atoms with Crippen LogP contribution in [0.1, 0.15) is 50.2 Å². The van der Waals surface area contributed by atoms with Gasteiger partial charge in [-0.05, 0) is 34.6 Å². The largest absolute Gasteiger partial charge is 0.481 e. The number of hydrogen-bond donors (Lipinski definition) is 5. The first-order valence-electron chi connectivity index (χ1n) is 12.8. The Balaban J connectivity index is 1.54. The smallest absolute Gasteiger partial charge is 0.407 e. The van der Waals surface area contributed by atoms with Gasteiger partial charge in [0.05, 0.1) is 0 Å². The molecule has 11 heteroatoms. The topological polar surface area (TPSA) is 171 Å². The summed E-state index contributed by atoms with van der Waals surface area (Å²) in [6.07, 6.45) is -1.05. The van der Waals surface area contributed by atoms with Crippen LogP contribution in [0, 0.1) is 5.92 Å². The molecule has 3 amide bonds. The first kappa shape index (κ1) is 29.2. The molecule has 3 rings (SSSR count). The number of alkyl carbamates (subject to hydrolysis) is 1. The van der Waals surface area contributed by atoms with Crippen LogP contribution in [0.4, 0.5) is 4.79 Å². The SMILES string of the molecule is CC[C@H](C)[C@H](NC(=O)CNC(=O)OCC1c2ccccc2-c2ccccc21)C(=O)N[C@@H](CCC(=O)O)C(=O)O. The van der Waals surface area contributed by atoms with Crippen LogP contribution in [-0.4, -0.2) is 65.3 Å². The molecule has 1 aliphatic rings. The fourth-order valence-electron chi connectivity index (χ4n) is 4.51. The van der Waals surface area contributed by atoms with Gasteiger partial charge in [-0.15, -0.1) is 0 Å². The molecule has 0 aromatic heterocycles. The molecule has 0 fully saturated rings. The van der Waals surface area contributed by atoms with Crippen LogP contribution >= 0.6 is 0 Å². The molecule has 11 nitrogen and oxygen atoms in total. The maximum atomic E-state index is 12.8. The lowest BCUT2D eigenvalue weighted by Gasteiger charge is -2.25. The molecule has 0 bridgehead atoms. The van der Waals surface area contributed by atoms with Crippen molar-refractivity contribution < 1.29 is 38.9 Å². The number of carboxylic acid groups (broad SMARTS) is 2. The molecule has 39 heavy (non-hydrogen) atoms. The van der Waals surface area contributed by atoms with Crippen molar-refractivity contribution in [3.8, 4) is 11.1 Å². The Bertz CT molecular complexity index is 1190. The number of fused-ring (bicyclic) bond motifs is 3. The molecule has 0 heterocycles. The summed E-state index contributed by atoms with van der Waals surface area (Å²) in [5, 5.41) is 25.3. The molecular weight excluding hydrogens is 506 g/mol. The summed E-state index contributed by atoms with van der Waals surface area (Å²) in [4.78, 5) is 59.9. The van der Waals surface area contributed by atoms with E-state index in [0.29, 0.717) is 6.42 Å². The number of carbonyl (C=O) groups is 5. The number of amides is 3. The first-order chi connectivity index (χ1) is 18.6. The zero-order chi connectivity index (χ0) is 28.5. The number of rotatable bonds is 13. The zero-order valence-electron chi connectivity index (χ0n) is 21.8. The third-order valence-corrected chi connectivity index (χ3v) is 6.81. The minimum absolute atomic E-state index is 0.0757. The van der Waals surface area contributed by atoms with Crippen molar-refractivity contribution in [1.29, 1.82) is 0 Å². The summed E-state index contributed by atoms with van der Waals surface area (Å²) in [5.74, 6) is -4.49. The van der Waals surface area contributed by atoms with Gasteiger partial charge in [-0.1, -0.05) is 68.8 Å². The summed E-state index contributed by atoms with van der Waals surface area (Å²) in [6.45, 7) is 3.12. The number of nitrogens with one attached hydrogen (secondary N) is 3. The Labute approximate surface area is 225 Å². The highest BCUT2D eigenvalue weighted by Gasteiger charge is 2.31. The number of ether oxygens (including phenoxy) is 1.